The Hall–Kier alpha value is -3.12. The van der Waals surface area contributed by atoms with E-state index in [2.05, 4.69) is 10.4 Å². The molecule has 0 aliphatic carbocycles. The Balaban J connectivity index is 1.60. The normalized spacial score (nSPS) is 11.1. The molecule has 6 nitrogen and oxygen atoms in total. The second-order valence-corrected chi connectivity index (χ2v) is 6.90. The minimum absolute atomic E-state index is 0.123. The number of anilines is 1. The summed E-state index contributed by atoms with van der Waals surface area (Å²) in [5, 5.41) is 9.78. The van der Waals surface area contributed by atoms with Crippen molar-refractivity contribution in [2.75, 3.05) is 11.9 Å². The molecule has 0 fully saturated rings. The minimum Gasteiger partial charge on any atom is -0.484 e. The van der Waals surface area contributed by atoms with Crippen LogP contribution in [0, 0.1) is 6.92 Å². The molecule has 0 aliphatic heterocycles. The zero-order chi connectivity index (χ0) is 19.7. The molecule has 1 N–H and O–H groups in total. The lowest BCUT2D eigenvalue weighted by Crippen LogP contribution is -2.20. The van der Waals surface area contributed by atoms with Gasteiger partial charge in [-0.2, -0.15) is 5.10 Å². The number of halogens is 1. The van der Waals surface area contributed by atoms with Crippen LogP contribution in [0.4, 0.5) is 5.82 Å². The van der Waals surface area contributed by atoms with Crippen LogP contribution in [0.15, 0.2) is 48.5 Å². The molecular formula is C21H19ClN4O2. The maximum Gasteiger partial charge on any atom is 0.263 e. The number of carbonyl (C=O) groups excluding carboxylic acids is 1. The highest BCUT2D eigenvalue weighted by molar-refractivity contribution is 6.30. The quantitative estimate of drug-likeness (QED) is 0.537. The first-order chi connectivity index (χ1) is 13.5. The number of para-hydroxylation sites is 1. The van der Waals surface area contributed by atoms with Crippen molar-refractivity contribution in [1.29, 1.82) is 0 Å². The fourth-order valence-electron chi connectivity index (χ4n) is 3.09. The van der Waals surface area contributed by atoms with E-state index in [1.54, 1.807) is 28.9 Å². The number of nitrogens with one attached hydrogen (secondary N) is 1. The summed E-state index contributed by atoms with van der Waals surface area (Å²) in [6.07, 6.45) is 0. The molecule has 2 aromatic heterocycles. The Morgan fingerprint density at radius 3 is 2.75 bits per heavy atom. The fourth-order valence-corrected chi connectivity index (χ4v) is 3.22. The molecule has 142 valence electrons. The number of nitrogens with zero attached hydrogens (tertiary/aromatic N) is 3. The Kier molecular flexibility index (Phi) is 4.88. The molecule has 0 saturated carbocycles. The van der Waals surface area contributed by atoms with E-state index in [1.807, 2.05) is 38.1 Å². The van der Waals surface area contributed by atoms with Gasteiger partial charge >= 0.3 is 0 Å². The molecule has 0 radical (unpaired) electrons. The number of hydrogen-bond acceptors (Lipinski definition) is 4. The van der Waals surface area contributed by atoms with Crippen LogP contribution in [0.1, 0.15) is 12.5 Å². The van der Waals surface area contributed by atoms with Crippen LogP contribution in [0.2, 0.25) is 5.02 Å². The SMILES string of the molecule is CCn1nc(NC(=O)COc2ccc(Cl)cc2)c2cc3cccc(C)c3nc21. The van der Waals surface area contributed by atoms with Gasteiger partial charge in [0.05, 0.1) is 10.9 Å². The first-order valence-corrected chi connectivity index (χ1v) is 9.38. The third-order valence-electron chi connectivity index (χ3n) is 4.49. The van der Waals surface area contributed by atoms with Gasteiger partial charge in [0.25, 0.3) is 5.91 Å². The molecule has 0 aliphatic rings. The predicted octanol–water partition coefficient (Wildman–Crippen LogP) is 4.58. The number of aromatic nitrogens is 3. The Labute approximate surface area is 167 Å². The highest BCUT2D eigenvalue weighted by Gasteiger charge is 2.15. The topological polar surface area (TPSA) is 69.0 Å². The van der Waals surface area contributed by atoms with Crippen molar-refractivity contribution in [3.8, 4) is 5.75 Å². The van der Waals surface area contributed by atoms with Gasteiger partial charge in [-0.25, -0.2) is 9.67 Å². The summed E-state index contributed by atoms with van der Waals surface area (Å²) in [7, 11) is 0. The van der Waals surface area contributed by atoms with Crippen molar-refractivity contribution >= 4 is 45.3 Å². The maximum atomic E-state index is 12.4. The fraction of sp³-hybridized carbons (Fsp3) is 0.190. The third-order valence-corrected chi connectivity index (χ3v) is 4.74. The summed E-state index contributed by atoms with van der Waals surface area (Å²) in [6.45, 7) is 4.55. The van der Waals surface area contributed by atoms with Gasteiger partial charge in [-0.05, 0) is 49.7 Å². The first kappa shape index (κ1) is 18.3. The van der Waals surface area contributed by atoms with E-state index in [1.165, 1.54) is 0 Å². The lowest BCUT2D eigenvalue weighted by molar-refractivity contribution is -0.118. The average Bonchev–Trinajstić information content (AvgIpc) is 3.03. The lowest BCUT2D eigenvalue weighted by atomic mass is 10.1. The van der Waals surface area contributed by atoms with Crippen molar-refractivity contribution in [2.24, 2.45) is 0 Å². The first-order valence-electron chi connectivity index (χ1n) is 9.00. The molecule has 4 rings (SSSR count). The van der Waals surface area contributed by atoms with E-state index < -0.39 is 0 Å². The van der Waals surface area contributed by atoms with Crippen LogP contribution in [-0.4, -0.2) is 27.3 Å². The zero-order valence-electron chi connectivity index (χ0n) is 15.6. The number of fused-ring (bicyclic) bond motifs is 2. The molecular weight excluding hydrogens is 376 g/mol. The number of aryl methyl sites for hydroxylation is 2. The molecule has 0 saturated heterocycles. The van der Waals surface area contributed by atoms with Crippen LogP contribution >= 0.6 is 11.6 Å². The molecule has 7 heteroatoms. The Morgan fingerprint density at radius 2 is 2.00 bits per heavy atom. The molecule has 1 amide bonds. The van der Waals surface area contributed by atoms with E-state index in [4.69, 9.17) is 21.3 Å². The summed E-state index contributed by atoms with van der Waals surface area (Å²) in [5.74, 6) is 0.769. The summed E-state index contributed by atoms with van der Waals surface area (Å²) < 4.78 is 7.29. The molecule has 0 bridgehead atoms. The monoisotopic (exact) mass is 394 g/mol. The van der Waals surface area contributed by atoms with Crippen molar-refractivity contribution in [3.63, 3.8) is 0 Å². The molecule has 0 spiro atoms. The highest BCUT2D eigenvalue weighted by Crippen LogP contribution is 2.27. The summed E-state index contributed by atoms with van der Waals surface area (Å²) in [4.78, 5) is 17.2. The molecule has 0 atom stereocenters. The number of amides is 1. The number of ether oxygens (including phenoxy) is 1. The Bertz CT molecular complexity index is 1170. The van der Waals surface area contributed by atoms with Gasteiger partial charge in [0.2, 0.25) is 0 Å². The maximum absolute atomic E-state index is 12.4. The van der Waals surface area contributed by atoms with Crippen LogP contribution in [0.25, 0.3) is 21.9 Å². The van der Waals surface area contributed by atoms with Crippen LogP contribution in [0.5, 0.6) is 5.75 Å². The summed E-state index contributed by atoms with van der Waals surface area (Å²) in [5.41, 5.74) is 2.79. The van der Waals surface area contributed by atoms with E-state index in [0.717, 1.165) is 27.5 Å². The van der Waals surface area contributed by atoms with Gasteiger partial charge in [0.1, 0.15) is 5.75 Å². The summed E-state index contributed by atoms with van der Waals surface area (Å²) >= 11 is 5.85. The highest BCUT2D eigenvalue weighted by atomic mass is 35.5. The number of pyridine rings is 1. The van der Waals surface area contributed by atoms with Crippen LogP contribution in [0.3, 0.4) is 0 Å². The van der Waals surface area contributed by atoms with Crippen molar-refractivity contribution in [2.45, 2.75) is 20.4 Å². The van der Waals surface area contributed by atoms with Crippen molar-refractivity contribution < 1.29 is 9.53 Å². The standard InChI is InChI=1S/C21H19ClN4O2/c1-3-26-21-17(11-14-6-4-5-13(2)19(14)24-21)20(25-26)23-18(27)12-28-16-9-7-15(22)8-10-16/h4-11H,3,12H2,1-2H3,(H,23,25,27). The largest absolute Gasteiger partial charge is 0.484 e. The average molecular weight is 395 g/mol. The van der Waals surface area contributed by atoms with Crippen LogP contribution < -0.4 is 10.1 Å². The van der Waals surface area contributed by atoms with Gasteiger partial charge in [0.15, 0.2) is 18.1 Å². The van der Waals surface area contributed by atoms with E-state index in [0.29, 0.717) is 23.1 Å². The zero-order valence-corrected chi connectivity index (χ0v) is 16.3. The Morgan fingerprint density at radius 1 is 1.21 bits per heavy atom. The van der Waals surface area contributed by atoms with E-state index in [9.17, 15) is 4.79 Å². The second-order valence-electron chi connectivity index (χ2n) is 6.46. The van der Waals surface area contributed by atoms with Gasteiger partial charge in [-0.1, -0.05) is 29.8 Å². The smallest absolute Gasteiger partial charge is 0.263 e. The van der Waals surface area contributed by atoms with Gasteiger partial charge in [0, 0.05) is 17.0 Å². The molecule has 2 aromatic carbocycles. The lowest BCUT2D eigenvalue weighted by Gasteiger charge is -2.06. The predicted molar refractivity (Wildman–Crippen MR) is 111 cm³/mol. The van der Waals surface area contributed by atoms with Gasteiger partial charge < -0.3 is 10.1 Å². The number of benzene rings is 2. The second kappa shape index (κ2) is 7.48. The molecule has 28 heavy (non-hydrogen) atoms. The summed E-state index contributed by atoms with van der Waals surface area (Å²) in [6, 6.07) is 14.9. The van der Waals surface area contributed by atoms with E-state index >= 15 is 0 Å². The number of hydrogen-bond donors (Lipinski definition) is 1. The minimum atomic E-state index is -0.290. The van der Waals surface area contributed by atoms with Gasteiger partial charge in [-0.15, -0.1) is 0 Å². The van der Waals surface area contributed by atoms with Crippen molar-refractivity contribution in [1.82, 2.24) is 14.8 Å². The number of carbonyl (C=O) groups is 1. The molecule has 2 heterocycles. The van der Waals surface area contributed by atoms with Gasteiger partial charge in [-0.3, -0.25) is 4.79 Å². The van der Waals surface area contributed by atoms with Crippen molar-refractivity contribution in [3.05, 3.63) is 59.1 Å². The van der Waals surface area contributed by atoms with E-state index in [-0.39, 0.29) is 12.5 Å². The molecule has 0 unspecified atom stereocenters. The third kappa shape index (κ3) is 3.51. The van der Waals surface area contributed by atoms with Crippen LogP contribution in [-0.2, 0) is 11.3 Å². The molecule has 4 aromatic rings. The number of rotatable bonds is 5.